The maximum absolute atomic E-state index is 14.6. The van der Waals surface area contributed by atoms with Gasteiger partial charge in [0.2, 0.25) is 0 Å². The molecule has 0 aliphatic rings. The fourth-order valence-electron chi connectivity index (χ4n) is 3.07. The summed E-state index contributed by atoms with van der Waals surface area (Å²) in [6, 6.07) is 19.7. The van der Waals surface area contributed by atoms with Gasteiger partial charge in [-0.1, -0.05) is 30.3 Å². The highest BCUT2D eigenvalue weighted by Gasteiger charge is 2.20. The van der Waals surface area contributed by atoms with Gasteiger partial charge >= 0.3 is 0 Å². The van der Waals surface area contributed by atoms with Gasteiger partial charge in [-0.25, -0.2) is 8.78 Å². The molecule has 0 bridgehead atoms. The van der Waals surface area contributed by atoms with Crippen molar-refractivity contribution in [2.75, 3.05) is 0 Å². The van der Waals surface area contributed by atoms with Crippen molar-refractivity contribution < 1.29 is 21.9 Å². The second-order valence-electron chi connectivity index (χ2n) is 6.84. The second kappa shape index (κ2) is 8.31. The van der Waals surface area contributed by atoms with E-state index in [2.05, 4.69) is 5.10 Å². The SMILES string of the molecule is C[C@H](Oc1ccc(-c2ccccc2)c(F)c1)c1ccn(S(=O)(=O)c2ccc(F)cc2)n1. The first-order chi connectivity index (χ1) is 14.8. The normalized spacial score (nSPS) is 12.5. The molecule has 0 unspecified atom stereocenters. The molecule has 1 aromatic heterocycles. The Kier molecular flexibility index (Phi) is 5.56. The van der Waals surface area contributed by atoms with E-state index in [-0.39, 0.29) is 4.90 Å². The number of hydrogen-bond acceptors (Lipinski definition) is 4. The Labute approximate surface area is 178 Å². The molecule has 1 atom stereocenters. The summed E-state index contributed by atoms with van der Waals surface area (Å²) >= 11 is 0. The highest BCUT2D eigenvalue weighted by Crippen LogP contribution is 2.28. The van der Waals surface area contributed by atoms with Crippen LogP contribution in [0.15, 0.2) is 90.0 Å². The van der Waals surface area contributed by atoms with Crippen molar-refractivity contribution in [3.05, 3.63) is 102 Å². The lowest BCUT2D eigenvalue weighted by atomic mass is 10.1. The maximum Gasteiger partial charge on any atom is 0.282 e. The molecule has 1 heterocycles. The molecule has 0 amide bonds. The number of ether oxygens (including phenoxy) is 1. The molecule has 0 aliphatic carbocycles. The van der Waals surface area contributed by atoms with Crippen LogP contribution in [0.25, 0.3) is 11.1 Å². The van der Waals surface area contributed by atoms with E-state index in [1.165, 1.54) is 30.5 Å². The van der Waals surface area contributed by atoms with Crippen molar-refractivity contribution in [3.63, 3.8) is 0 Å². The molecule has 0 N–H and O–H groups in total. The third-order valence-corrected chi connectivity index (χ3v) is 6.26. The van der Waals surface area contributed by atoms with Gasteiger partial charge in [0.25, 0.3) is 10.0 Å². The van der Waals surface area contributed by atoms with E-state index in [4.69, 9.17) is 4.74 Å². The van der Waals surface area contributed by atoms with E-state index in [1.54, 1.807) is 19.1 Å². The molecule has 3 aromatic carbocycles. The van der Waals surface area contributed by atoms with Crippen LogP contribution in [0, 0.1) is 11.6 Å². The third-order valence-electron chi connectivity index (χ3n) is 4.70. The van der Waals surface area contributed by atoms with Crippen LogP contribution >= 0.6 is 0 Å². The number of benzene rings is 3. The largest absolute Gasteiger partial charge is 0.484 e. The Balaban J connectivity index is 1.52. The van der Waals surface area contributed by atoms with E-state index < -0.39 is 27.8 Å². The number of halogens is 2. The van der Waals surface area contributed by atoms with Gasteiger partial charge < -0.3 is 4.74 Å². The quantitative estimate of drug-likeness (QED) is 0.413. The van der Waals surface area contributed by atoms with Gasteiger partial charge in [-0.2, -0.15) is 17.6 Å². The van der Waals surface area contributed by atoms with Gasteiger partial charge in [-0.05, 0) is 55.0 Å². The molecule has 4 rings (SSSR count). The fraction of sp³-hybridized carbons (Fsp3) is 0.0870. The molecule has 0 saturated heterocycles. The standard InChI is InChI=1S/C23H18F2N2O3S/c1-16(30-19-9-12-21(22(25)15-19)17-5-3-2-4-6-17)23-13-14-27(26-23)31(28,29)20-10-7-18(24)8-11-20/h2-16H,1H3/t16-/m0/s1. The van der Waals surface area contributed by atoms with E-state index in [1.807, 2.05) is 30.3 Å². The van der Waals surface area contributed by atoms with Crippen LogP contribution in [0.5, 0.6) is 5.75 Å². The van der Waals surface area contributed by atoms with Crippen LogP contribution in [0.2, 0.25) is 0 Å². The predicted octanol–water partition coefficient (Wildman–Crippen LogP) is 5.21. The number of nitrogens with zero attached hydrogens (tertiary/aromatic N) is 2. The van der Waals surface area contributed by atoms with Crippen LogP contribution in [0.4, 0.5) is 8.78 Å². The zero-order valence-electron chi connectivity index (χ0n) is 16.4. The summed E-state index contributed by atoms with van der Waals surface area (Å²) in [5, 5.41) is 4.08. The molecular formula is C23H18F2N2O3S. The molecule has 0 radical (unpaired) electrons. The monoisotopic (exact) mass is 440 g/mol. The third kappa shape index (κ3) is 4.34. The van der Waals surface area contributed by atoms with Gasteiger partial charge in [0.15, 0.2) is 0 Å². The van der Waals surface area contributed by atoms with Gasteiger partial charge in [-0.15, -0.1) is 0 Å². The number of aromatic nitrogens is 2. The van der Waals surface area contributed by atoms with Crippen molar-refractivity contribution in [3.8, 4) is 16.9 Å². The Morgan fingerprint density at radius 2 is 1.65 bits per heavy atom. The maximum atomic E-state index is 14.6. The molecule has 158 valence electrons. The first kappa shape index (κ1) is 20.7. The minimum absolute atomic E-state index is 0.0873. The number of rotatable bonds is 6. The van der Waals surface area contributed by atoms with Crippen LogP contribution in [0.1, 0.15) is 18.7 Å². The van der Waals surface area contributed by atoms with Crippen molar-refractivity contribution in [1.29, 1.82) is 0 Å². The molecule has 4 aromatic rings. The van der Waals surface area contributed by atoms with E-state index >= 15 is 0 Å². The molecule has 0 fully saturated rings. The van der Waals surface area contributed by atoms with Crippen LogP contribution in [0.3, 0.4) is 0 Å². The zero-order valence-corrected chi connectivity index (χ0v) is 17.3. The average Bonchev–Trinajstić information content (AvgIpc) is 3.26. The molecule has 8 heteroatoms. The van der Waals surface area contributed by atoms with Crippen LogP contribution in [-0.2, 0) is 10.0 Å². The van der Waals surface area contributed by atoms with E-state index in [0.29, 0.717) is 17.0 Å². The number of hydrogen-bond donors (Lipinski definition) is 0. The Bertz CT molecular complexity index is 1300. The van der Waals surface area contributed by atoms with Crippen molar-refractivity contribution in [2.45, 2.75) is 17.9 Å². The van der Waals surface area contributed by atoms with Gasteiger partial charge in [0.1, 0.15) is 29.2 Å². The Hall–Kier alpha value is -3.52. The van der Waals surface area contributed by atoms with Crippen molar-refractivity contribution >= 4 is 10.0 Å². The molecule has 0 aliphatic heterocycles. The van der Waals surface area contributed by atoms with E-state index in [0.717, 1.165) is 21.8 Å². The topological polar surface area (TPSA) is 61.2 Å². The molecule has 31 heavy (non-hydrogen) atoms. The van der Waals surface area contributed by atoms with Gasteiger partial charge in [0.05, 0.1) is 4.90 Å². The summed E-state index contributed by atoms with van der Waals surface area (Å²) in [7, 11) is -3.96. The first-order valence-electron chi connectivity index (χ1n) is 9.43. The zero-order chi connectivity index (χ0) is 22.0. The predicted molar refractivity (Wildman–Crippen MR) is 112 cm³/mol. The summed E-state index contributed by atoms with van der Waals surface area (Å²) in [5.74, 6) is -0.673. The molecule has 0 spiro atoms. The van der Waals surface area contributed by atoms with Gasteiger partial charge in [0, 0.05) is 17.8 Å². The fourth-order valence-corrected chi connectivity index (χ4v) is 4.19. The highest BCUT2D eigenvalue weighted by atomic mass is 32.2. The molecule has 0 saturated carbocycles. The van der Waals surface area contributed by atoms with E-state index in [9.17, 15) is 17.2 Å². The molecular weight excluding hydrogens is 422 g/mol. The Morgan fingerprint density at radius 3 is 2.32 bits per heavy atom. The smallest absolute Gasteiger partial charge is 0.282 e. The first-order valence-corrected chi connectivity index (χ1v) is 10.9. The summed E-state index contributed by atoms with van der Waals surface area (Å²) in [4.78, 5) is -0.0873. The lowest BCUT2D eigenvalue weighted by Gasteiger charge is -2.14. The summed E-state index contributed by atoms with van der Waals surface area (Å²) in [6.45, 7) is 1.68. The van der Waals surface area contributed by atoms with Gasteiger partial charge in [-0.3, -0.25) is 0 Å². The van der Waals surface area contributed by atoms with Crippen LogP contribution in [-0.4, -0.2) is 17.6 Å². The van der Waals surface area contributed by atoms with Crippen molar-refractivity contribution in [1.82, 2.24) is 9.19 Å². The minimum atomic E-state index is -3.96. The average molecular weight is 440 g/mol. The lowest BCUT2D eigenvalue weighted by molar-refractivity contribution is 0.220. The summed E-state index contributed by atoms with van der Waals surface area (Å²) < 4.78 is 59.5. The summed E-state index contributed by atoms with van der Waals surface area (Å²) in [6.07, 6.45) is 0.652. The second-order valence-corrected chi connectivity index (χ2v) is 8.64. The lowest BCUT2D eigenvalue weighted by Crippen LogP contribution is -2.15. The molecule has 5 nitrogen and oxygen atoms in total. The highest BCUT2D eigenvalue weighted by molar-refractivity contribution is 7.89. The van der Waals surface area contributed by atoms with Crippen molar-refractivity contribution in [2.24, 2.45) is 0 Å². The summed E-state index contributed by atoms with van der Waals surface area (Å²) in [5.41, 5.74) is 1.55. The minimum Gasteiger partial charge on any atom is -0.484 e. The Morgan fingerprint density at radius 1 is 0.935 bits per heavy atom. The van der Waals surface area contributed by atoms with Crippen LogP contribution < -0.4 is 4.74 Å².